The molecule has 0 fully saturated rings. The molecule has 1 N–H and O–H groups in total. The average molecular weight is 279 g/mol. The zero-order valence-electron chi connectivity index (χ0n) is 14.0. The number of likely N-dealkylation sites (N-methyl/N-ethyl adjacent to an activating group) is 2. The summed E-state index contributed by atoms with van der Waals surface area (Å²) in [4.78, 5) is 13.7. The van der Waals surface area contributed by atoms with E-state index < -0.39 is 0 Å². The lowest BCUT2D eigenvalue weighted by atomic mass is 9.96. The molecule has 114 valence electrons. The highest BCUT2D eigenvalue weighted by molar-refractivity contribution is 5.49. The molecule has 0 spiro atoms. The zero-order valence-corrected chi connectivity index (χ0v) is 14.0. The summed E-state index contributed by atoms with van der Waals surface area (Å²) in [5.74, 6) is 2.75. The summed E-state index contributed by atoms with van der Waals surface area (Å²) in [5.41, 5.74) is -0.0530. The van der Waals surface area contributed by atoms with Gasteiger partial charge in [-0.3, -0.25) is 0 Å². The number of nitrogens with zero attached hydrogens (tertiary/aromatic N) is 4. The quantitative estimate of drug-likeness (QED) is 0.865. The molecule has 1 aromatic heterocycles. The largest absolute Gasteiger partial charge is 0.370 e. The molecule has 0 unspecified atom stereocenters. The van der Waals surface area contributed by atoms with Crippen molar-refractivity contribution in [1.82, 2.24) is 14.9 Å². The van der Waals surface area contributed by atoms with Crippen LogP contribution < -0.4 is 10.2 Å². The third-order valence-corrected chi connectivity index (χ3v) is 3.02. The van der Waals surface area contributed by atoms with Crippen LogP contribution in [0.2, 0.25) is 0 Å². The van der Waals surface area contributed by atoms with Crippen molar-refractivity contribution in [2.75, 3.05) is 51.0 Å². The molecule has 0 aliphatic carbocycles. The van der Waals surface area contributed by atoms with Crippen molar-refractivity contribution in [2.45, 2.75) is 33.1 Å². The van der Waals surface area contributed by atoms with E-state index in [-0.39, 0.29) is 5.41 Å². The first-order chi connectivity index (χ1) is 9.24. The highest BCUT2D eigenvalue weighted by Gasteiger charge is 2.20. The Kier molecular flexibility index (Phi) is 5.74. The van der Waals surface area contributed by atoms with Crippen molar-refractivity contribution in [3.05, 3.63) is 11.9 Å². The van der Waals surface area contributed by atoms with E-state index in [1.54, 1.807) is 0 Å². The molecule has 0 aliphatic rings. The van der Waals surface area contributed by atoms with Crippen LogP contribution in [0.5, 0.6) is 0 Å². The SMILES string of the molecule is CCNc1cc(N(C)CCN(C)C)nc(C(C)(C)C)n1. The third kappa shape index (κ3) is 4.96. The van der Waals surface area contributed by atoms with E-state index in [1.807, 2.05) is 6.07 Å². The van der Waals surface area contributed by atoms with E-state index in [0.29, 0.717) is 0 Å². The van der Waals surface area contributed by atoms with Crippen LogP contribution in [0.3, 0.4) is 0 Å². The van der Waals surface area contributed by atoms with Crippen molar-refractivity contribution < 1.29 is 0 Å². The van der Waals surface area contributed by atoms with Gasteiger partial charge >= 0.3 is 0 Å². The van der Waals surface area contributed by atoms with Crippen molar-refractivity contribution in [1.29, 1.82) is 0 Å². The minimum atomic E-state index is -0.0530. The van der Waals surface area contributed by atoms with E-state index in [4.69, 9.17) is 4.98 Å². The molecule has 1 rings (SSSR count). The Morgan fingerprint density at radius 2 is 1.75 bits per heavy atom. The van der Waals surface area contributed by atoms with E-state index in [9.17, 15) is 0 Å². The van der Waals surface area contributed by atoms with Gasteiger partial charge in [0.1, 0.15) is 17.5 Å². The molecule has 0 saturated heterocycles. The van der Waals surface area contributed by atoms with Gasteiger partial charge in [-0.25, -0.2) is 9.97 Å². The number of anilines is 2. The first-order valence-corrected chi connectivity index (χ1v) is 7.23. The Balaban J connectivity index is 3.02. The van der Waals surface area contributed by atoms with Crippen LogP contribution in [0.1, 0.15) is 33.5 Å². The number of rotatable bonds is 6. The first-order valence-electron chi connectivity index (χ1n) is 7.23. The van der Waals surface area contributed by atoms with Crippen LogP contribution in [-0.2, 0) is 5.41 Å². The molecule has 5 nitrogen and oxygen atoms in total. The van der Waals surface area contributed by atoms with Gasteiger partial charge in [0.15, 0.2) is 0 Å². The monoisotopic (exact) mass is 279 g/mol. The maximum Gasteiger partial charge on any atom is 0.138 e. The number of nitrogens with one attached hydrogen (secondary N) is 1. The van der Waals surface area contributed by atoms with Crippen LogP contribution >= 0.6 is 0 Å². The van der Waals surface area contributed by atoms with Crippen LogP contribution in [0.25, 0.3) is 0 Å². The fourth-order valence-corrected chi connectivity index (χ4v) is 1.70. The Bertz CT molecular complexity index is 423. The molecule has 0 aromatic carbocycles. The molecule has 0 aliphatic heterocycles. The lowest BCUT2D eigenvalue weighted by Crippen LogP contribution is -2.30. The number of aromatic nitrogens is 2. The van der Waals surface area contributed by atoms with Gasteiger partial charge in [0.2, 0.25) is 0 Å². The normalized spacial score (nSPS) is 11.8. The molecule has 0 saturated carbocycles. The second kappa shape index (κ2) is 6.88. The highest BCUT2D eigenvalue weighted by Crippen LogP contribution is 2.23. The van der Waals surface area contributed by atoms with Crippen molar-refractivity contribution in [3.63, 3.8) is 0 Å². The zero-order chi connectivity index (χ0) is 15.3. The van der Waals surface area contributed by atoms with Crippen LogP contribution in [-0.4, -0.2) is 55.6 Å². The van der Waals surface area contributed by atoms with E-state index in [0.717, 1.165) is 37.1 Å². The Hall–Kier alpha value is -1.36. The molecular formula is C15H29N5. The van der Waals surface area contributed by atoms with Crippen molar-refractivity contribution >= 4 is 11.6 Å². The number of hydrogen-bond donors (Lipinski definition) is 1. The Morgan fingerprint density at radius 3 is 2.25 bits per heavy atom. The summed E-state index contributed by atoms with van der Waals surface area (Å²) < 4.78 is 0. The first kappa shape index (κ1) is 16.7. The van der Waals surface area contributed by atoms with E-state index in [1.165, 1.54) is 0 Å². The molecular weight excluding hydrogens is 250 g/mol. The maximum absolute atomic E-state index is 4.72. The summed E-state index contributed by atoms with van der Waals surface area (Å²) in [5, 5.41) is 3.29. The molecule has 0 bridgehead atoms. The molecule has 1 heterocycles. The molecule has 1 aromatic rings. The minimum absolute atomic E-state index is 0.0530. The van der Waals surface area contributed by atoms with Gasteiger partial charge in [-0.15, -0.1) is 0 Å². The standard InChI is InChI=1S/C15H29N5/c1-8-16-12-11-13(20(7)10-9-19(5)6)18-14(17-12)15(2,3)4/h11H,8-10H2,1-7H3,(H,16,17,18). The lowest BCUT2D eigenvalue weighted by molar-refractivity contribution is 0.416. The summed E-state index contributed by atoms with van der Waals surface area (Å²) in [6, 6.07) is 2.02. The minimum Gasteiger partial charge on any atom is -0.370 e. The Morgan fingerprint density at radius 1 is 1.10 bits per heavy atom. The summed E-state index contributed by atoms with van der Waals surface area (Å²) in [7, 11) is 6.24. The van der Waals surface area contributed by atoms with Gasteiger partial charge in [0.05, 0.1) is 0 Å². The van der Waals surface area contributed by atoms with Gasteiger partial charge in [0.25, 0.3) is 0 Å². The molecule has 0 amide bonds. The summed E-state index contributed by atoms with van der Waals surface area (Å²) in [6.07, 6.45) is 0. The molecule has 20 heavy (non-hydrogen) atoms. The predicted octanol–water partition coefficient (Wildman–Crippen LogP) is 2.20. The molecule has 0 radical (unpaired) electrons. The smallest absolute Gasteiger partial charge is 0.138 e. The fourth-order valence-electron chi connectivity index (χ4n) is 1.70. The Labute approximate surface area is 123 Å². The maximum atomic E-state index is 4.72. The van der Waals surface area contributed by atoms with Crippen molar-refractivity contribution in [3.8, 4) is 0 Å². The summed E-state index contributed by atoms with van der Waals surface area (Å²) in [6.45, 7) is 11.3. The molecule has 5 heteroatoms. The van der Waals surface area contributed by atoms with Gasteiger partial charge in [-0.05, 0) is 21.0 Å². The highest BCUT2D eigenvalue weighted by atomic mass is 15.2. The van der Waals surface area contributed by atoms with E-state index in [2.05, 4.69) is 68.9 Å². The van der Waals surface area contributed by atoms with Gasteiger partial charge < -0.3 is 15.1 Å². The molecule has 0 atom stereocenters. The van der Waals surface area contributed by atoms with Gasteiger partial charge in [-0.1, -0.05) is 20.8 Å². The van der Waals surface area contributed by atoms with Crippen LogP contribution in [0, 0.1) is 0 Å². The topological polar surface area (TPSA) is 44.3 Å². The van der Waals surface area contributed by atoms with Crippen LogP contribution in [0.15, 0.2) is 6.07 Å². The van der Waals surface area contributed by atoms with Gasteiger partial charge in [0, 0.05) is 38.2 Å². The fraction of sp³-hybridized carbons (Fsp3) is 0.733. The lowest BCUT2D eigenvalue weighted by Gasteiger charge is -2.24. The third-order valence-electron chi connectivity index (χ3n) is 3.02. The van der Waals surface area contributed by atoms with Crippen molar-refractivity contribution in [2.24, 2.45) is 0 Å². The second-order valence-corrected chi connectivity index (χ2v) is 6.44. The van der Waals surface area contributed by atoms with Gasteiger partial charge in [-0.2, -0.15) is 0 Å². The average Bonchev–Trinajstić information content (AvgIpc) is 2.34. The second-order valence-electron chi connectivity index (χ2n) is 6.44. The van der Waals surface area contributed by atoms with Crippen LogP contribution in [0.4, 0.5) is 11.6 Å². The van der Waals surface area contributed by atoms with E-state index >= 15 is 0 Å². The number of hydrogen-bond acceptors (Lipinski definition) is 5. The summed E-state index contributed by atoms with van der Waals surface area (Å²) >= 11 is 0. The predicted molar refractivity (Wildman–Crippen MR) is 86.7 cm³/mol.